The Balaban J connectivity index is 1.57. The first-order valence-electron chi connectivity index (χ1n) is 6.73. The second-order valence-electron chi connectivity index (χ2n) is 6.10. The van der Waals surface area contributed by atoms with Crippen molar-refractivity contribution in [2.24, 2.45) is 5.92 Å². The van der Waals surface area contributed by atoms with Crippen LogP contribution >= 0.6 is 0 Å². The van der Waals surface area contributed by atoms with Crippen LogP contribution in [0.2, 0.25) is 0 Å². The Morgan fingerprint density at radius 3 is 2.18 bits per heavy atom. The zero-order valence-corrected chi connectivity index (χ0v) is 11.4. The third kappa shape index (κ3) is 2.25. The van der Waals surface area contributed by atoms with E-state index in [-0.39, 0.29) is 0 Å². The normalized spacial score (nSPS) is 30.4. The zero-order chi connectivity index (χ0) is 12.1. The van der Waals surface area contributed by atoms with Crippen LogP contribution in [0.3, 0.4) is 0 Å². The molecule has 0 aromatic rings. The van der Waals surface area contributed by atoms with Crippen LogP contribution in [0.25, 0.3) is 0 Å². The van der Waals surface area contributed by atoms with Gasteiger partial charge in [-0.2, -0.15) is 4.31 Å². The van der Waals surface area contributed by atoms with Gasteiger partial charge in [-0.25, -0.2) is 8.42 Å². The minimum atomic E-state index is -3.02. The molecule has 0 bridgehead atoms. The monoisotopic (exact) mass is 258 g/mol. The van der Waals surface area contributed by atoms with E-state index in [0.29, 0.717) is 13.1 Å². The number of piperazine rings is 1. The van der Waals surface area contributed by atoms with Gasteiger partial charge >= 0.3 is 0 Å². The Morgan fingerprint density at radius 2 is 1.71 bits per heavy atom. The van der Waals surface area contributed by atoms with E-state index in [0.717, 1.165) is 31.8 Å². The average molecular weight is 258 g/mol. The second-order valence-corrected chi connectivity index (χ2v) is 8.55. The van der Waals surface area contributed by atoms with Crippen LogP contribution in [0.1, 0.15) is 32.6 Å². The maximum atomic E-state index is 12.3. The lowest BCUT2D eigenvalue weighted by molar-refractivity contribution is 0.181. The summed E-state index contributed by atoms with van der Waals surface area (Å²) in [4.78, 5) is 2.43. The lowest BCUT2D eigenvalue weighted by Crippen LogP contribution is -2.51. The Kier molecular flexibility index (Phi) is 2.76. The first-order chi connectivity index (χ1) is 8.01. The first-order valence-corrected chi connectivity index (χ1v) is 8.17. The molecule has 3 rings (SSSR count). The van der Waals surface area contributed by atoms with Gasteiger partial charge in [0.25, 0.3) is 0 Å². The van der Waals surface area contributed by atoms with E-state index >= 15 is 0 Å². The molecule has 0 unspecified atom stereocenters. The standard InChI is InChI=1S/C12H22N2O2S/c1-12(4-5-12)17(15,16)14-8-6-13(7-9-14)10-11-2-3-11/h11H,2-10H2,1H3. The van der Waals surface area contributed by atoms with Crippen molar-refractivity contribution in [3.63, 3.8) is 0 Å². The molecule has 0 atom stereocenters. The Bertz CT molecular complexity index is 391. The third-order valence-corrected chi connectivity index (χ3v) is 7.16. The highest BCUT2D eigenvalue weighted by Crippen LogP contribution is 2.44. The van der Waals surface area contributed by atoms with E-state index < -0.39 is 14.8 Å². The first kappa shape index (κ1) is 11.9. The van der Waals surface area contributed by atoms with Crippen molar-refractivity contribution < 1.29 is 8.42 Å². The molecule has 0 aromatic carbocycles. The molecule has 1 aliphatic heterocycles. The van der Waals surface area contributed by atoms with Gasteiger partial charge in [0.2, 0.25) is 10.0 Å². The van der Waals surface area contributed by atoms with Crippen molar-refractivity contribution in [1.29, 1.82) is 0 Å². The number of sulfonamides is 1. The molecule has 4 nitrogen and oxygen atoms in total. The van der Waals surface area contributed by atoms with Gasteiger partial charge in [0.1, 0.15) is 0 Å². The fraction of sp³-hybridized carbons (Fsp3) is 1.00. The highest BCUT2D eigenvalue weighted by molar-refractivity contribution is 7.90. The number of nitrogens with zero attached hydrogens (tertiary/aromatic N) is 2. The van der Waals surface area contributed by atoms with Crippen LogP contribution in [-0.2, 0) is 10.0 Å². The summed E-state index contributed by atoms with van der Waals surface area (Å²) in [6.45, 7) is 6.32. The average Bonchev–Trinajstić information content (AvgIpc) is 3.18. The van der Waals surface area contributed by atoms with Crippen LogP contribution in [-0.4, -0.2) is 55.1 Å². The van der Waals surface area contributed by atoms with Crippen LogP contribution in [0.4, 0.5) is 0 Å². The molecule has 0 N–H and O–H groups in total. The van der Waals surface area contributed by atoms with Crippen LogP contribution in [0, 0.1) is 5.92 Å². The SMILES string of the molecule is CC1(S(=O)(=O)N2CCN(CC3CC3)CC2)CC1. The molecule has 5 heteroatoms. The van der Waals surface area contributed by atoms with Crippen LogP contribution in [0.5, 0.6) is 0 Å². The second kappa shape index (κ2) is 3.93. The molecule has 0 amide bonds. The topological polar surface area (TPSA) is 40.6 Å². The van der Waals surface area contributed by atoms with E-state index in [1.165, 1.54) is 19.4 Å². The highest BCUT2D eigenvalue weighted by Gasteiger charge is 2.52. The summed E-state index contributed by atoms with van der Waals surface area (Å²) in [5.41, 5.74) is 0. The maximum absolute atomic E-state index is 12.3. The predicted molar refractivity (Wildman–Crippen MR) is 67.3 cm³/mol. The molecule has 3 aliphatic rings. The van der Waals surface area contributed by atoms with Crippen molar-refractivity contribution >= 4 is 10.0 Å². The highest BCUT2D eigenvalue weighted by atomic mass is 32.2. The van der Waals surface area contributed by atoms with Gasteiger partial charge in [0.05, 0.1) is 4.75 Å². The minimum Gasteiger partial charge on any atom is -0.300 e. The number of rotatable bonds is 4. The lowest BCUT2D eigenvalue weighted by Gasteiger charge is -2.35. The summed E-state index contributed by atoms with van der Waals surface area (Å²) < 4.78 is 25.9. The molecule has 0 radical (unpaired) electrons. The molecule has 1 heterocycles. The summed E-state index contributed by atoms with van der Waals surface area (Å²) in [5.74, 6) is 0.902. The molecule has 3 fully saturated rings. The molecule has 98 valence electrons. The summed E-state index contributed by atoms with van der Waals surface area (Å²) in [7, 11) is -3.02. The number of hydrogen-bond acceptors (Lipinski definition) is 3. The van der Waals surface area contributed by atoms with Gasteiger partial charge in [-0.05, 0) is 38.5 Å². The third-order valence-electron chi connectivity index (χ3n) is 4.46. The minimum absolute atomic E-state index is 0.425. The molecule has 1 saturated heterocycles. The molecular formula is C12H22N2O2S. The maximum Gasteiger partial charge on any atom is 0.219 e. The van der Waals surface area contributed by atoms with Gasteiger partial charge < -0.3 is 4.90 Å². The molecule has 0 aromatic heterocycles. The van der Waals surface area contributed by atoms with Gasteiger partial charge in [-0.15, -0.1) is 0 Å². The van der Waals surface area contributed by atoms with Gasteiger partial charge in [0, 0.05) is 32.7 Å². The van der Waals surface area contributed by atoms with E-state index in [2.05, 4.69) is 4.90 Å². The molecule has 2 saturated carbocycles. The Hall–Kier alpha value is -0.130. The van der Waals surface area contributed by atoms with Crippen molar-refractivity contribution in [3.05, 3.63) is 0 Å². The fourth-order valence-corrected chi connectivity index (χ4v) is 4.45. The quantitative estimate of drug-likeness (QED) is 0.752. The van der Waals surface area contributed by atoms with E-state index in [1.807, 2.05) is 6.92 Å². The summed E-state index contributed by atoms with van der Waals surface area (Å²) >= 11 is 0. The van der Waals surface area contributed by atoms with E-state index in [1.54, 1.807) is 4.31 Å². The van der Waals surface area contributed by atoms with E-state index in [9.17, 15) is 8.42 Å². The summed E-state index contributed by atoms with van der Waals surface area (Å²) in [6, 6.07) is 0. The van der Waals surface area contributed by atoms with Gasteiger partial charge in [-0.1, -0.05) is 0 Å². The molecule has 17 heavy (non-hydrogen) atoms. The predicted octanol–water partition coefficient (Wildman–Crippen LogP) is 0.896. The molecular weight excluding hydrogens is 236 g/mol. The van der Waals surface area contributed by atoms with Gasteiger partial charge in [-0.3, -0.25) is 0 Å². The van der Waals surface area contributed by atoms with Crippen molar-refractivity contribution in [1.82, 2.24) is 9.21 Å². The number of hydrogen-bond donors (Lipinski definition) is 0. The largest absolute Gasteiger partial charge is 0.300 e. The summed E-state index contributed by atoms with van der Waals surface area (Å²) in [5, 5.41) is 0. The van der Waals surface area contributed by atoms with Crippen LogP contribution in [0.15, 0.2) is 0 Å². The molecule has 2 aliphatic carbocycles. The van der Waals surface area contributed by atoms with Crippen molar-refractivity contribution in [2.45, 2.75) is 37.4 Å². The van der Waals surface area contributed by atoms with Crippen LogP contribution < -0.4 is 0 Å². The fourth-order valence-electron chi connectivity index (χ4n) is 2.56. The van der Waals surface area contributed by atoms with Crippen molar-refractivity contribution in [3.8, 4) is 0 Å². The zero-order valence-electron chi connectivity index (χ0n) is 10.6. The van der Waals surface area contributed by atoms with Crippen molar-refractivity contribution in [2.75, 3.05) is 32.7 Å². The smallest absolute Gasteiger partial charge is 0.219 e. The molecule has 0 spiro atoms. The Morgan fingerprint density at radius 1 is 1.12 bits per heavy atom. The lowest BCUT2D eigenvalue weighted by atomic mass is 10.3. The summed E-state index contributed by atoms with van der Waals surface area (Å²) in [6.07, 6.45) is 4.43. The Labute approximate surface area is 104 Å². The van der Waals surface area contributed by atoms with E-state index in [4.69, 9.17) is 0 Å². The van der Waals surface area contributed by atoms with Gasteiger partial charge in [0.15, 0.2) is 0 Å².